The third kappa shape index (κ3) is 4.64. The molecule has 3 heteroatoms. The van der Waals surface area contributed by atoms with Crippen molar-refractivity contribution in [2.75, 3.05) is 6.54 Å². The van der Waals surface area contributed by atoms with E-state index in [-0.39, 0.29) is 18.0 Å². The maximum atomic E-state index is 10.9. The van der Waals surface area contributed by atoms with Crippen LogP contribution in [0, 0.1) is 6.92 Å². The minimum absolute atomic E-state index is 0.0546. The second kappa shape index (κ2) is 6.89. The summed E-state index contributed by atoms with van der Waals surface area (Å²) in [4.78, 5) is 13.2. The molecule has 1 aromatic carbocycles. The number of aliphatic carboxylic acids is 1. The highest BCUT2D eigenvalue weighted by Gasteiger charge is 2.29. The summed E-state index contributed by atoms with van der Waals surface area (Å²) in [5.41, 5.74) is 2.45. The van der Waals surface area contributed by atoms with Crippen LogP contribution in [0.5, 0.6) is 0 Å². The van der Waals surface area contributed by atoms with Crippen LogP contribution >= 0.6 is 0 Å². The molecule has 0 aliphatic heterocycles. The lowest BCUT2D eigenvalue weighted by Crippen LogP contribution is -2.44. The summed E-state index contributed by atoms with van der Waals surface area (Å²) in [7, 11) is 0. The summed E-state index contributed by atoms with van der Waals surface area (Å²) in [6.45, 7) is 11.2. The molecule has 1 unspecified atom stereocenters. The maximum Gasteiger partial charge on any atom is 0.304 e. The minimum atomic E-state index is -0.738. The highest BCUT2D eigenvalue weighted by atomic mass is 16.4. The zero-order valence-electron chi connectivity index (χ0n) is 13.3. The van der Waals surface area contributed by atoms with E-state index in [0.717, 1.165) is 6.42 Å². The highest BCUT2D eigenvalue weighted by molar-refractivity contribution is 5.66. The summed E-state index contributed by atoms with van der Waals surface area (Å²) in [6, 6.07) is 8.81. The molecule has 0 aromatic heterocycles. The number of nitrogens with zero attached hydrogens (tertiary/aromatic N) is 1. The van der Waals surface area contributed by atoms with Gasteiger partial charge in [0.05, 0.1) is 6.42 Å². The van der Waals surface area contributed by atoms with Crippen molar-refractivity contribution in [1.82, 2.24) is 4.90 Å². The van der Waals surface area contributed by atoms with Crippen LogP contribution in [-0.2, 0) is 4.79 Å². The molecule has 0 heterocycles. The SMILES string of the molecule is CCC(c1ccc(C)cc1)N(CCC(=O)O)C(C)(C)C. The second-order valence-electron chi connectivity index (χ2n) is 6.34. The molecule has 1 rings (SSSR count). The average molecular weight is 277 g/mol. The van der Waals surface area contributed by atoms with Gasteiger partial charge in [0.25, 0.3) is 0 Å². The molecule has 0 saturated carbocycles. The Labute approximate surface area is 122 Å². The van der Waals surface area contributed by atoms with Crippen LogP contribution in [-0.4, -0.2) is 28.1 Å². The lowest BCUT2D eigenvalue weighted by Gasteiger charge is -2.41. The number of carboxylic acids is 1. The van der Waals surface area contributed by atoms with Crippen molar-refractivity contribution >= 4 is 5.97 Å². The van der Waals surface area contributed by atoms with E-state index in [0.29, 0.717) is 6.54 Å². The number of aryl methyl sites for hydroxylation is 1. The van der Waals surface area contributed by atoms with Crippen LogP contribution in [0.3, 0.4) is 0 Å². The Bertz CT molecular complexity index is 431. The zero-order chi connectivity index (χ0) is 15.3. The van der Waals surface area contributed by atoms with Crippen LogP contribution in [0.15, 0.2) is 24.3 Å². The molecule has 3 nitrogen and oxygen atoms in total. The topological polar surface area (TPSA) is 40.5 Å². The van der Waals surface area contributed by atoms with Gasteiger partial charge in [0.15, 0.2) is 0 Å². The monoisotopic (exact) mass is 277 g/mol. The Morgan fingerprint density at radius 3 is 2.20 bits per heavy atom. The average Bonchev–Trinajstić information content (AvgIpc) is 2.34. The fourth-order valence-electron chi connectivity index (χ4n) is 2.60. The standard InChI is InChI=1S/C17H27NO2/c1-6-15(14-9-7-13(2)8-10-14)18(17(3,4)5)12-11-16(19)20/h7-10,15H,6,11-12H2,1-5H3,(H,19,20). The summed E-state index contributed by atoms with van der Waals surface area (Å²) >= 11 is 0. The molecule has 20 heavy (non-hydrogen) atoms. The highest BCUT2D eigenvalue weighted by Crippen LogP contribution is 2.31. The van der Waals surface area contributed by atoms with Crippen LogP contribution in [0.2, 0.25) is 0 Å². The van der Waals surface area contributed by atoms with Gasteiger partial charge >= 0.3 is 5.97 Å². The van der Waals surface area contributed by atoms with Gasteiger partial charge < -0.3 is 5.11 Å². The predicted octanol–water partition coefficient (Wildman–Crippen LogP) is 4.02. The molecule has 0 spiro atoms. The molecule has 0 radical (unpaired) electrons. The molecule has 0 bridgehead atoms. The Kier molecular flexibility index (Phi) is 5.75. The lowest BCUT2D eigenvalue weighted by molar-refractivity contribution is -0.137. The first-order valence-electron chi connectivity index (χ1n) is 7.30. The third-order valence-corrected chi connectivity index (χ3v) is 3.65. The molecule has 1 aromatic rings. The van der Waals surface area contributed by atoms with Crippen molar-refractivity contribution in [1.29, 1.82) is 0 Å². The van der Waals surface area contributed by atoms with Gasteiger partial charge in [-0.2, -0.15) is 0 Å². The Morgan fingerprint density at radius 1 is 1.25 bits per heavy atom. The van der Waals surface area contributed by atoms with Crippen molar-refractivity contribution in [3.63, 3.8) is 0 Å². The maximum absolute atomic E-state index is 10.9. The van der Waals surface area contributed by atoms with Gasteiger partial charge in [0.1, 0.15) is 0 Å². The van der Waals surface area contributed by atoms with E-state index in [9.17, 15) is 4.79 Å². The molecule has 0 saturated heterocycles. The molecule has 0 amide bonds. The summed E-state index contributed by atoms with van der Waals surface area (Å²) in [5, 5.41) is 8.96. The number of carbonyl (C=O) groups is 1. The van der Waals surface area contributed by atoms with Crippen molar-refractivity contribution < 1.29 is 9.90 Å². The third-order valence-electron chi connectivity index (χ3n) is 3.65. The molecule has 0 fully saturated rings. The van der Waals surface area contributed by atoms with E-state index in [1.807, 2.05) is 0 Å². The van der Waals surface area contributed by atoms with E-state index < -0.39 is 5.97 Å². The number of rotatable bonds is 6. The second-order valence-corrected chi connectivity index (χ2v) is 6.34. The zero-order valence-corrected chi connectivity index (χ0v) is 13.3. The van der Waals surface area contributed by atoms with Crippen LogP contribution in [0.4, 0.5) is 0 Å². The first kappa shape index (κ1) is 16.7. The van der Waals surface area contributed by atoms with Gasteiger partial charge in [-0.1, -0.05) is 36.8 Å². The van der Waals surface area contributed by atoms with Gasteiger partial charge in [0, 0.05) is 18.1 Å². The van der Waals surface area contributed by atoms with Crippen LogP contribution in [0.25, 0.3) is 0 Å². The van der Waals surface area contributed by atoms with E-state index in [4.69, 9.17) is 5.11 Å². The summed E-state index contributed by atoms with van der Waals surface area (Å²) in [5.74, 6) is -0.738. The Morgan fingerprint density at radius 2 is 1.80 bits per heavy atom. The van der Waals surface area contributed by atoms with Gasteiger partial charge in [0.2, 0.25) is 0 Å². The van der Waals surface area contributed by atoms with E-state index >= 15 is 0 Å². The van der Waals surface area contributed by atoms with Gasteiger partial charge in [-0.15, -0.1) is 0 Å². The van der Waals surface area contributed by atoms with Gasteiger partial charge in [-0.05, 0) is 39.7 Å². The molecular formula is C17H27NO2. The molecule has 1 N–H and O–H groups in total. The Balaban J connectivity index is 3.01. The fourth-order valence-corrected chi connectivity index (χ4v) is 2.60. The smallest absolute Gasteiger partial charge is 0.304 e. The molecule has 112 valence electrons. The van der Waals surface area contributed by atoms with Crippen LogP contribution in [0.1, 0.15) is 57.7 Å². The summed E-state index contributed by atoms with van der Waals surface area (Å²) < 4.78 is 0. The van der Waals surface area contributed by atoms with Crippen LogP contribution < -0.4 is 0 Å². The largest absolute Gasteiger partial charge is 0.481 e. The molecule has 0 aliphatic carbocycles. The normalized spacial score (nSPS) is 13.5. The van der Waals surface area contributed by atoms with Gasteiger partial charge in [-0.25, -0.2) is 0 Å². The first-order valence-corrected chi connectivity index (χ1v) is 7.30. The van der Waals surface area contributed by atoms with E-state index in [1.165, 1.54) is 11.1 Å². The number of carboxylic acid groups (broad SMARTS) is 1. The molecular weight excluding hydrogens is 250 g/mol. The van der Waals surface area contributed by atoms with Crippen molar-refractivity contribution in [2.45, 2.75) is 59.0 Å². The fraction of sp³-hybridized carbons (Fsp3) is 0.588. The Hall–Kier alpha value is -1.35. The molecule has 1 atom stereocenters. The number of hydrogen-bond acceptors (Lipinski definition) is 2. The lowest BCUT2D eigenvalue weighted by atomic mass is 9.95. The van der Waals surface area contributed by atoms with Gasteiger partial charge in [-0.3, -0.25) is 9.69 Å². The quantitative estimate of drug-likeness (QED) is 0.853. The van der Waals surface area contributed by atoms with E-state index in [2.05, 4.69) is 63.8 Å². The number of hydrogen-bond donors (Lipinski definition) is 1. The minimum Gasteiger partial charge on any atom is -0.481 e. The van der Waals surface area contributed by atoms with Crippen molar-refractivity contribution in [2.24, 2.45) is 0 Å². The van der Waals surface area contributed by atoms with Crippen molar-refractivity contribution in [3.8, 4) is 0 Å². The summed E-state index contributed by atoms with van der Waals surface area (Å²) in [6.07, 6.45) is 1.15. The first-order chi connectivity index (χ1) is 9.25. The predicted molar refractivity (Wildman–Crippen MR) is 82.9 cm³/mol. The molecule has 0 aliphatic rings. The van der Waals surface area contributed by atoms with Crippen molar-refractivity contribution in [3.05, 3.63) is 35.4 Å². The van der Waals surface area contributed by atoms with E-state index in [1.54, 1.807) is 0 Å². The number of benzene rings is 1.